The van der Waals surface area contributed by atoms with Gasteiger partial charge in [-0.05, 0) is 13.0 Å². The van der Waals surface area contributed by atoms with Crippen LogP contribution in [0.3, 0.4) is 0 Å². The van der Waals surface area contributed by atoms with E-state index in [2.05, 4.69) is 4.99 Å². The first-order chi connectivity index (χ1) is 4.22. The van der Waals surface area contributed by atoms with E-state index >= 15 is 0 Å². The Morgan fingerprint density at radius 3 is 2.33 bits per heavy atom. The van der Waals surface area contributed by atoms with Crippen LogP contribution in [0.2, 0.25) is 0 Å². The van der Waals surface area contributed by atoms with Crippen LogP contribution in [-0.4, -0.2) is 23.8 Å². The van der Waals surface area contributed by atoms with Crippen molar-refractivity contribution in [1.29, 1.82) is 0 Å². The number of nitrogens with zero attached hydrogens (tertiary/aromatic N) is 1. The fourth-order valence-electron chi connectivity index (χ4n) is 0.399. The monoisotopic (exact) mass is 127 g/mol. The Labute approximate surface area is 53.7 Å². The van der Waals surface area contributed by atoms with E-state index in [-0.39, 0.29) is 5.71 Å². The molecule has 0 fully saturated rings. The normalized spacial score (nSPS) is 12.4. The molecule has 50 valence electrons. The number of allylic oxidation sites excluding steroid dienone is 1. The van der Waals surface area contributed by atoms with Gasteiger partial charge in [0.25, 0.3) is 0 Å². The quantitative estimate of drug-likeness (QED) is 0.555. The third-order valence-corrected chi connectivity index (χ3v) is 0.785. The predicted octanol–water partition coefficient (Wildman–Crippen LogP) is 0.718. The molecule has 0 amide bonds. The highest BCUT2D eigenvalue weighted by Crippen LogP contribution is 1.80. The van der Waals surface area contributed by atoms with Crippen molar-refractivity contribution in [3.63, 3.8) is 0 Å². The second-order valence-corrected chi connectivity index (χ2v) is 1.41. The van der Waals surface area contributed by atoms with Gasteiger partial charge in [-0.2, -0.15) is 0 Å². The standard InChI is InChI=1S/C6H9NO2/c1-3-4-5(7-2)6(8)9/h3-4H,1-2H3,(H,8,9)/b4-3-,7-5+. The largest absolute Gasteiger partial charge is 0.477 e. The third-order valence-electron chi connectivity index (χ3n) is 0.785. The topological polar surface area (TPSA) is 49.7 Å². The van der Waals surface area contributed by atoms with Crippen LogP contribution in [0.1, 0.15) is 6.92 Å². The van der Waals surface area contributed by atoms with Gasteiger partial charge in [0, 0.05) is 7.05 Å². The minimum absolute atomic E-state index is 0.0810. The van der Waals surface area contributed by atoms with Gasteiger partial charge in [0.2, 0.25) is 0 Å². The molecular weight excluding hydrogens is 118 g/mol. The molecule has 0 saturated heterocycles. The first kappa shape index (κ1) is 7.88. The molecule has 0 aromatic rings. The maximum Gasteiger partial charge on any atom is 0.354 e. The highest BCUT2D eigenvalue weighted by Gasteiger charge is 2.00. The Morgan fingerprint density at radius 2 is 2.22 bits per heavy atom. The fraction of sp³-hybridized carbons (Fsp3) is 0.333. The van der Waals surface area contributed by atoms with E-state index in [4.69, 9.17) is 5.11 Å². The first-order valence-electron chi connectivity index (χ1n) is 2.55. The molecule has 0 atom stereocenters. The number of hydrogen-bond acceptors (Lipinski definition) is 2. The van der Waals surface area contributed by atoms with E-state index in [0.717, 1.165) is 0 Å². The van der Waals surface area contributed by atoms with Crippen LogP contribution in [0.5, 0.6) is 0 Å². The van der Waals surface area contributed by atoms with E-state index in [9.17, 15) is 4.79 Å². The summed E-state index contributed by atoms with van der Waals surface area (Å²) in [7, 11) is 1.45. The van der Waals surface area contributed by atoms with Gasteiger partial charge in [-0.1, -0.05) is 6.08 Å². The van der Waals surface area contributed by atoms with Gasteiger partial charge in [-0.3, -0.25) is 4.99 Å². The molecule has 0 heterocycles. The number of aliphatic carboxylic acids is 1. The zero-order valence-electron chi connectivity index (χ0n) is 5.46. The number of carbonyl (C=O) groups is 1. The van der Waals surface area contributed by atoms with Crippen molar-refractivity contribution in [2.75, 3.05) is 7.05 Å². The third kappa shape index (κ3) is 2.64. The lowest BCUT2D eigenvalue weighted by Crippen LogP contribution is -2.08. The first-order valence-corrected chi connectivity index (χ1v) is 2.55. The van der Waals surface area contributed by atoms with Crippen molar-refractivity contribution in [2.45, 2.75) is 6.92 Å². The van der Waals surface area contributed by atoms with E-state index < -0.39 is 5.97 Å². The van der Waals surface area contributed by atoms with Crippen molar-refractivity contribution < 1.29 is 9.90 Å². The van der Waals surface area contributed by atoms with E-state index in [1.807, 2.05) is 0 Å². The maximum atomic E-state index is 10.1. The predicted molar refractivity (Wildman–Crippen MR) is 35.8 cm³/mol. The van der Waals surface area contributed by atoms with Crippen molar-refractivity contribution in [3.8, 4) is 0 Å². The molecule has 3 heteroatoms. The molecule has 0 aliphatic rings. The van der Waals surface area contributed by atoms with E-state index in [1.165, 1.54) is 13.1 Å². The van der Waals surface area contributed by atoms with Crippen LogP contribution in [0.25, 0.3) is 0 Å². The van der Waals surface area contributed by atoms with Crippen LogP contribution in [-0.2, 0) is 4.79 Å². The maximum absolute atomic E-state index is 10.1. The van der Waals surface area contributed by atoms with E-state index in [1.54, 1.807) is 13.0 Å². The SMILES string of the molecule is C/C=C\C(=N/C)C(=O)O. The molecule has 9 heavy (non-hydrogen) atoms. The van der Waals surface area contributed by atoms with Gasteiger partial charge >= 0.3 is 5.97 Å². The summed E-state index contributed by atoms with van der Waals surface area (Å²) in [5, 5.41) is 8.32. The van der Waals surface area contributed by atoms with Crippen LogP contribution in [0.15, 0.2) is 17.1 Å². The van der Waals surface area contributed by atoms with Gasteiger partial charge in [0.1, 0.15) is 5.71 Å². The summed E-state index contributed by atoms with van der Waals surface area (Å²) in [6.07, 6.45) is 3.08. The lowest BCUT2D eigenvalue weighted by atomic mass is 10.3. The molecule has 3 nitrogen and oxygen atoms in total. The molecule has 0 spiro atoms. The molecule has 0 aromatic carbocycles. The highest BCUT2D eigenvalue weighted by molar-refractivity contribution is 6.40. The van der Waals surface area contributed by atoms with Crippen molar-refractivity contribution in [2.24, 2.45) is 4.99 Å². The van der Waals surface area contributed by atoms with Gasteiger partial charge in [0.05, 0.1) is 0 Å². The highest BCUT2D eigenvalue weighted by atomic mass is 16.4. The van der Waals surface area contributed by atoms with Crippen LogP contribution < -0.4 is 0 Å². The molecule has 0 aromatic heterocycles. The summed E-state index contributed by atoms with van der Waals surface area (Å²) in [6.45, 7) is 1.74. The smallest absolute Gasteiger partial charge is 0.354 e. The molecular formula is C6H9NO2. The summed E-state index contributed by atoms with van der Waals surface area (Å²) in [5.74, 6) is -0.990. The molecule has 0 aliphatic heterocycles. The number of carboxylic acids is 1. The molecule has 0 saturated carbocycles. The zero-order valence-corrected chi connectivity index (χ0v) is 5.46. The molecule has 0 unspecified atom stereocenters. The lowest BCUT2D eigenvalue weighted by molar-refractivity contribution is -0.129. The van der Waals surface area contributed by atoms with Gasteiger partial charge in [-0.25, -0.2) is 4.79 Å². The summed E-state index contributed by atoms with van der Waals surface area (Å²) >= 11 is 0. The Balaban J connectivity index is 4.19. The van der Waals surface area contributed by atoms with Gasteiger partial charge < -0.3 is 5.11 Å². The Bertz CT molecular complexity index is 158. The second kappa shape index (κ2) is 3.83. The fourth-order valence-corrected chi connectivity index (χ4v) is 0.399. The average molecular weight is 127 g/mol. The molecule has 1 N–H and O–H groups in total. The van der Waals surface area contributed by atoms with E-state index in [0.29, 0.717) is 0 Å². The number of carboxylic acid groups (broad SMARTS) is 1. The van der Waals surface area contributed by atoms with Crippen molar-refractivity contribution >= 4 is 11.7 Å². The van der Waals surface area contributed by atoms with Crippen molar-refractivity contribution in [3.05, 3.63) is 12.2 Å². The summed E-state index contributed by atoms with van der Waals surface area (Å²) < 4.78 is 0. The number of hydrogen-bond donors (Lipinski definition) is 1. The zero-order chi connectivity index (χ0) is 7.28. The Kier molecular flexibility index (Phi) is 3.35. The Hall–Kier alpha value is -1.12. The molecule has 0 radical (unpaired) electrons. The Morgan fingerprint density at radius 1 is 1.67 bits per heavy atom. The lowest BCUT2D eigenvalue weighted by Gasteiger charge is -1.87. The van der Waals surface area contributed by atoms with Crippen molar-refractivity contribution in [1.82, 2.24) is 0 Å². The summed E-state index contributed by atoms with van der Waals surface area (Å²) in [4.78, 5) is 13.6. The molecule has 0 rings (SSSR count). The van der Waals surface area contributed by atoms with Crippen LogP contribution in [0, 0.1) is 0 Å². The van der Waals surface area contributed by atoms with Gasteiger partial charge in [-0.15, -0.1) is 0 Å². The molecule has 0 bridgehead atoms. The summed E-state index contributed by atoms with van der Waals surface area (Å²) in [5.41, 5.74) is 0.0810. The summed E-state index contributed by atoms with van der Waals surface area (Å²) in [6, 6.07) is 0. The minimum Gasteiger partial charge on any atom is -0.477 e. The number of rotatable bonds is 2. The van der Waals surface area contributed by atoms with Crippen LogP contribution in [0.4, 0.5) is 0 Å². The average Bonchev–Trinajstić information content (AvgIpc) is 1.82. The second-order valence-electron chi connectivity index (χ2n) is 1.41. The minimum atomic E-state index is -0.990. The molecule has 0 aliphatic carbocycles. The van der Waals surface area contributed by atoms with Crippen LogP contribution >= 0.6 is 0 Å². The number of aliphatic imine (C=N–C) groups is 1. The van der Waals surface area contributed by atoms with Gasteiger partial charge in [0.15, 0.2) is 0 Å².